The Labute approximate surface area is 238 Å². The molecule has 10 heteroatoms. The van der Waals surface area contributed by atoms with Crippen LogP contribution >= 0.6 is 27.5 Å². The van der Waals surface area contributed by atoms with Crippen molar-refractivity contribution in [3.05, 3.63) is 93.3 Å². The highest BCUT2D eigenvalue weighted by atomic mass is 79.9. The van der Waals surface area contributed by atoms with Crippen LogP contribution < -0.4 is 10.1 Å². The Kier molecular flexibility index (Phi) is 8.15. The first-order valence-corrected chi connectivity index (χ1v) is 13.4. The van der Waals surface area contributed by atoms with Gasteiger partial charge in [-0.2, -0.15) is 5.26 Å². The number of carbonyl (C=O) groups excluding carboxylic acids is 1. The van der Waals surface area contributed by atoms with E-state index in [9.17, 15) is 14.4 Å². The van der Waals surface area contributed by atoms with E-state index >= 15 is 0 Å². The summed E-state index contributed by atoms with van der Waals surface area (Å²) in [5.74, 6) is 0.0575. The number of nitrogens with zero attached hydrogens (tertiary/aromatic N) is 3. The number of halogens is 3. The van der Waals surface area contributed by atoms with Crippen LogP contribution in [0.3, 0.4) is 0 Å². The van der Waals surface area contributed by atoms with Crippen molar-refractivity contribution in [2.24, 2.45) is 0 Å². The molecule has 1 amide bonds. The zero-order valence-electron chi connectivity index (χ0n) is 20.7. The lowest BCUT2D eigenvalue weighted by molar-refractivity contribution is 0.0637. The molecule has 0 atom stereocenters. The number of piperidine rings is 1. The molecule has 1 N–H and O–H groups in total. The zero-order valence-corrected chi connectivity index (χ0v) is 23.0. The molecule has 0 aliphatic carbocycles. The van der Waals surface area contributed by atoms with Gasteiger partial charge in [-0.25, -0.2) is 9.18 Å². The van der Waals surface area contributed by atoms with Crippen molar-refractivity contribution in [3.63, 3.8) is 0 Å². The highest BCUT2D eigenvalue weighted by Gasteiger charge is 2.26. The van der Waals surface area contributed by atoms with Gasteiger partial charge in [0.05, 0.1) is 26.3 Å². The predicted octanol–water partition coefficient (Wildman–Crippen LogP) is 7.59. The SMILES string of the molecule is N#Cc1cnc2cc(Br)c(OC3CCN(C(=O)OCc4ccccc4)CC3)cc2c1Nc1ccc(F)c(Cl)c1. The van der Waals surface area contributed by atoms with E-state index in [4.69, 9.17) is 21.1 Å². The summed E-state index contributed by atoms with van der Waals surface area (Å²) in [5, 5.41) is 13.5. The highest BCUT2D eigenvalue weighted by molar-refractivity contribution is 9.10. The summed E-state index contributed by atoms with van der Waals surface area (Å²) in [6, 6.07) is 19.6. The minimum atomic E-state index is -0.530. The fourth-order valence-electron chi connectivity index (χ4n) is 4.37. The molecule has 3 aromatic carbocycles. The number of benzene rings is 3. The van der Waals surface area contributed by atoms with Crippen molar-refractivity contribution in [2.75, 3.05) is 18.4 Å². The summed E-state index contributed by atoms with van der Waals surface area (Å²) in [5.41, 5.74) is 2.94. The second-order valence-electron chi connectivity index (χ2n) is 9.06. The van der Waals surface area contributed by atoms with E-state index in [0.29, 0.717) is 64.0 Å². The van der Waals surface area contributed by atoms with Crippen molar-refractivity contribution in [3.8, 4) is 11.8 Å². The summed E-state index contributed by atoms with van der Waals surface area (Å²) in [4.78, 5) is 18.6. The Morgan fingerprint density at radius 1 is 1.18 bits per heavy atom. The molecular formula is C29H23BrClFN4O3. The van der Waals surface area contributed by atoms with Gasteiger partial charge in [0.25, 0.3) is 0 Å². The van der Waals surface area contributed by atoms with Crippen molar-refractivity contribution in [1.29, 1.82) is 5.26 Å². The van der Waals surface area contributed by atoms with Gasteiger partial charge in [-0.3, -0.25) is 4.98 Å². The second kappa shape index (κ2) is 11.9. The number of anilines is 2. The van der Waals surface area contributed by atoms with Gasteiger partial charge in [-0.05, 0) is 51.8 Å². The Morgan fingerprint density at radius 3 is 2.67 bits per heavy atom. The molecule has 0 unspecified atom stereocenters. The normalized spacial score (nSPS) is 13.6. The molecule has 5 rings (SSSR count). The van der Waals surface area contributed by atoms with Crippen LogP contribution in [0.2, 0.25) is 5.02 Å². The molecule has 1 aliphatic rings. The summed E-state index contributed by atoms with van der Waals surface area (Å²) in [6.07, 6.45) is 2.31. The molecule has 0 radical (unpaired) electrons. The van der Waals surface area contributed by atoms with Crippen LogP contribution in [-0.4, -0.2) is 35.2 Å². The zero-order chi connectivity index (χ0) is 27.4. The van der Waals surface area contributed by atoms with E-state index in [0.717, 1.165) is 5.56 Å². The number of likely N-dealkylation sites (tertiary alicyclic amines) is 1. The molecule has 4 aromatic rings. The lowest BCUT2D eigenvalue weighted by atomic mass is 10.1. The van der Waals surface area contributed by atoms with Crippen LogP contribution in [0.15, 0.2) is 71.3 Å². The number of ether oxygens (including phenoxy) is 2. The number of fused-ring (bicyclic) bond motifs is 1. The number of amides is 1. The number of hydrogen-bond acceptors (Lipinski definition) is 6. The molecule has 1 fully saturated rings. The third kappa shape index (κ3) is 6.24. The van der Waals surface area contributed by atoms with Crippen LogP contribution in [0.5, 0.6) is 5.75 Å². The molecule has 0 saturated carbocycles. The van der Waals surface area contributed by atoms with E-state index < -0.39 is 5.82 Å². The van der Waals surface area contributed by atoms with Crippen molar-refractivity contribution >= 4 is 55.9 Å². The van der Waals surface area contributed by atoms with Gasteiger partial charge in [0, 0.05) is 43.2 Å². The first kappa shape index (κ1) is 26.7. The molecule has 1 aliphatic heterocycles. The minimum Gasteiger partial charge on any atom is -0.489 e. The second-order valence-corrected chi connectivity index (χ2v) is 10.3. The van der Waals surface area contributed by atoms with Gasteiger partial charge in [-0.1, -0.05) is 41.9 Å². The topological polar surface area (TPSA) is 87.5 Å². The van der Waals surface area contributed by atoms with Crippen molar-refractivity contribution in [2.45, 2.75) is 25.6 Å². The van der Waals surface area contributed by atoms with Crippen LogP contribution in [0, 0.1) is 17.1 Å². The van der Waals surface area contributed by atoms with E-state index in [2.05, 4.69) is 32.3 Å². The maximum atomic E-state index is 13.7. The van der Waals surface area contributed by atoms with Crippen LogP contribution in [0.1, 0.15) is 24.0 Å². The fraction of sp³-hybridized carbons (Fsp3) is 0.207. The quantitative estimate of drug-likeness (QED) is 0.242. The minimum absolute atomic E-state index is 0.0288. The summed E-state index contributed by atoms with van der Waals surface area (Å²) in [6.45, 7) is 1.27. The monoisotopic (exact) mass is 608 g/mol. The van der Waals surface area contributed by atoms with Crippen molar-refractivity contribution < 1.29 is 18.7 Å². The number of nitriles is 1. The molecule has 0 spiro atoms. The predicted molar refractivity (Wildman–Crippen MR) is 151 cm³/mol. The van der Waals surface area contributed by atoms with Crippen LogP contribution in [-0.2, 0) is 11.3 Å². The van der Waals surface area contributed by atoms with Crippen LogP contribution in [0.25, 0.3) is 10.9 Å². The standard InChI is InChI=1S/C29H23BrClFN4O3/c30-23-14-26-22(28(19(15-33)16-34-26)35-20-6-7-25(32)24(31)12-20)13-27(23)39-21-8-10-36(11-9-21)29(37)38-17-18-4-2-1-3-5-18/h1-7,12-14,16,21H,8-11,17H2,(H,34,35). The largest absolute Gasteiger partial charge is 0.489 e. The molecular weight excluding hydrogens is 587 g/mol. The van der Waals surface area contributed by atoms with E-state index in [1.165, 1.54) is 18.3 Å². The Hall–Kier alpha value is -3.87. The molecule has 7 nitrogen and oxygen atoms in total. The highest BCUT2D eigenvalue weighted by Crippen LogP contribution is 2.37. The van der Waals surface area contributed by atoms with Gasteiger partial charge >= 0.3 is 6.09 Å². The van der Waals surface area contributed by atoms with E-state index in [1.807, 2.05) is 42.5 Å². The molecule has 1 saturated heterocycles. The summed E-state index contributed by atoms with van der Waals surface area (Å²) < 4.78 is 26.2. The average molecular weight is 610 g/mol. The number of pyridine rings is 1. The molecule has 198 valence electrons. The van der Waals surface area contributed by atoms with Crippen molar-refractivity contribution in [1.82, 2.24) is 9.88 Å². The molecule has 0 bridgehead atoms. The van der Waals surface area contributed by atoms with E-state index in [-0.39, 0.29) is 23.8 Å². The summed E-state index contributed by atoms with van der Waals surface area (Å²) in [7, 11) is 0. The Morgan fingerprint density at radius 2 is 1.95 bits per heavy atom. The van der Waals surface area contributed by atoms with Gasteiger partial charge < -0.3 is 19.7 Å². The first-order chi connectivity index (χ1) is 18.9. The lowest BCUT2D eigenvalue weighted by Crippen LogP contribution is -2.42. The maximum Gasteiger partial charge on any atom is 0.410 e. The third-order valence-corrected chi connectivity index (χ3v) is 7.34. The number of nitrogens with one attached hydrogen (secondary N) is 1. The van der Waals surface area contributed by atoms with Crippen LogP contribution in [0.4, 0.5) is 20.6 Å². The fourth-order valence-corrected chi connectivity index (χ4v) is 4.97. The molecule has 2 heterocycles. The maximum absolute atomic E-state index is 13.7. The van der Waals surface area contributed by atoms with Gasteiger partial charge in [0.2, 0.25) is 0 Å². The molecule has 39 heavy (non-hydrogen) atoms. The first-order valence-electron chi connectivity index (χ1n) is 12.3. The summed E-state index contributed by atoms with van der Waals surface area (Å²) >= 11 is 9.52. The molecule has 1 aromatic heterocycles. The lowest BCUT2D eigenvalue weighted by Gasteiger charge is -2.31. The number of hydrogen-bond donors (Lipinski definition) is 1. The smallest absolute Gasteiger partial charge is 0.410 e. The van der Waals surface area contributed by atoms with E-state index in [1.54, 1.807) is 11.0 Å². The van der Waals surface area contributed by atoms with Gasteiger partial charge in [-0.15, -0.1) is 0 Å². The van der Waals surface area contributed by atoms with Gasteiger partial charge in [0.1, 0.15) is 30.3 Å². The number of aromatic nitrogens is 1. The van der Waals surface area contributed by atoms with Gasteiger partial charge in [0.15, 0.2) is 0 Å². The number of carbonyl (C=O) groups is 1. The average Bonchev–Trinajstić information content (AvgIpc) is 2.95. The number of rotatable bonds is 6. The third-order valence-electron chi connectivity index (χ3n) is 6.43. The Balaban J connectivity index is 1.29. The Bertz CT molecular complexity index is 1560.